The fourth-order valence-corrected chi connectivity index (χ4v) is 4.29. The summed E-state index contributed by atoms with van der Waals surface area (Å²) in [7, 11) is 0. The zero-order valence-electron chi connectivity index (χ0n) is 17.1. The van der Waals surface area contributed by atoms with Gasteiger partial charge in [-0.3, -0.25) is 14.4 Å². The third-order valence-electron chi connectivity index (χ3n) is 5.93. The number of nitrogens with zero attached hydrogens (tertiary/aromatic N) is 4. The number of carboxylic acid groups (broad SMARTS) is 1. The first kappa shape index (κ1) is 19.9. The van der Waals surface area contributed by atoms with Crippen LogP contribution < -0.4 is 5.56 Å². The lowest BCUT2D eigenvalue weighted by molar-refractivity contribution is -0.144. The second-order valence-electron chi connectivity index (χ2n) is 7.91. The predicted molar refractivity (Wildman–Crippen MR) is 117 cm³/mol. The highest BCUT2D eigenvalue weighted by atomic mass is 16.4. The second-order valence-corrected chi connectivity index (χ2v) is 7.91. The number of carboxylic acids is 1. The van der Waals surface area contributed by atoms with Crippen LogP contribution in [-0.4, -0.2) is 36.3 Å². The van der Waals surface area contributed by atoms with E-state index in [1.807, 2.05) is 54.7 Å². The minimum absolute atomic E-state index is 0.0603. The van der Waals surface area contributed by atoms with E-state index in [1.165, 1.54) is 6.07 Å². The normalized spacial score (nSPS) is 18.7. The van der Waals surface area contributed by atoms with E-state index in [1.54, 1.807) is 10.6 Å². The number of benzene rings is 1. The Bertz CT molecular complexity index is 1390. The topological polar surface area (TPSA) is 107 Å². The van der Waals surface area contributed by atoms with E-state index < -0.39 is 23.5 Å². The third-order valence-corrected chi connectivity index (χ3v) is 5.93. The molecule has 8 nitrogen and oxygen atoms in total. The van der Waals surface area contributed by atoms with Gasteiger partial charge in [-0.05, 0) is 31.0 Å². The van der Waals surface area contributed by atoms with Crippen molar-refractivity contribution in [3.63, 3.8) is 0 Å². The molecule has 4 aromatic rings. The average molecular weight is 428 g/mol. The molecule has 0 unspecified atom stereocenters. The first-order valence-corrected chi connectivity index (χ1v) is 10.4. The summed E-state index contributed by atoms with van der Waals surface area (Å²) in [6, 6.07) is 17.5. The van der Waals surface area contributed by atoms with Crippen molar-refractivity contribution in [2.45, 2.75) is 25.3 Å². The Morgan fingerprint density at radius 2 is 1.75 bits per heavy atom. The molecule has 3 heterocycles. The molecule has 1 aliphatic rings. The van der Waals surface area contributed by atoms with Gasteiger partial charge in [0.2, 0.25) is 0 Å². The minimum Gasteiger partial charge on any atom is -0.481 e. The highest BCUT2D eigenvalue weighted by molar-refractivity contribution is 5.91. The number of aromatic nitrogens is 4. The molecule has 1 aromatic carbocycles. The molecule has 8 heteroatoms. The van der Waals surface area contributed by atoms with Crippen LogP contribution in [0.1, 0.15) is 25.3 Å². The molecule has 2 atom stereocenters. The van der Waals surface area contributed by atoms with Crippen molar-refractivity contribution in [3.05, 3.63) is 77.2 Å². The zero-order valence-corrected chi connectivity index (χ0v) is 17.1. The zero-order chi connectivity index (χ0) is 22.2. The second kappa shape index (κ2) is 7.88. The van der Waals surface area contributed by atoms with Crippen molar-refractivity contribution in [3.8, 4) is 22.5 Å². The van der Waals surface area contributed by atoms with Crippen molar-refractivity contribution in [2.24, 2.45) is 5.92 Å². The molecule has 0 amide bonds. The third kappa shape index (κ3) is 3.39. The lowest BCUT2D eigenvalue weighted by atomic mass is 9.85. The van der Waals surface area contributed by atoms with E-state index in [-0.39, 0.29) is 25.0 Å². The van der Waals surface area contributed by atoms with Crippen molar-refractivity contribution in [1.82, 2.24) is 19.4 Å². The molecule has 0 saturated heterocycles. The maximum absolute atomic E-state index is 12.7. The minimum atomic E-state index is -0.958. The van der Waals surface area contributed by atoms with Gasteiger partial charge < -0.3 is 5.11 Å². The predicted octanol–water partition coefficient (Wildman–Crippen LogP) is 3.22. The number of Topliss-reactive ketones (excluding diaryl/α,β-unsaturated/α-hetero) is 1. The smallest absolute Gasteiger partial charge is 0.306 e. The number of rotatable bonds is 4. The number of ketones is 1. The number of pyridine rings is 1. The standard InChI is InChI=1S/C24H20N4O4/c29-20-11-9-16(24(31)32)14-19(20)28-21(30)12-10-17(25-28)22-18-8-4-5-13-27(18)26-23(22)15-6-2-1-3-7-15/h1-8,10,12-13,16,19H,9,11,14H2,(H,31,32)/t16-,19-/m0/s1. The largest absolute Gasteiger partial charge is 0.481 e. The summed E-state index contributed by atoms with van der Waals surface area (Å²) < 4.78 is 2.90. The Hall–Kier alpha value is -4.07. The highest BCUT2D eigenvalue weighted by Crippen LogP contribution is 2.34. The molecular weight excluding hydrogens is 408 g/mol. The summed E-state index contributed by atoms with van der Waals surface area (Å²) in [5.41, 5.74) is 3.20. The van der Waals surface area contributed by atoms with Crippen LogP contribution in [0.25, 0.3) is 28.0 Å². The SMILES string of the molecule is O=C(O)[C@H]1CCC(=O)[C@@H](n2nc(-c3c(-c4ccccc4)nn4ccccc34)ccc2=O)C1. The van der Waals surface area contributed by atoms with Gasteiger partial charge in [-0.25, -0.2) is 9.20 Å². The number of carbonyl (C=O) groups is 2. The van der Waals surface area contributed by atoms with Gasteiger partial charge in [0.15, 0.2) is 5.78 Å². The fourth-order valence-electron chi connectivity index (χ4n) is 4.29. The van der Waals surface area contributed by atoms with Crippen LogP contribution in [-0.2, 0) is 9.59 Å². The molecule has 1 aliphatic carbocycles. The molecule has 1 fully saturated rings. The Morgan fingerprint density at radius 1 is 0.969 bits per heavy atom. The summed E-state index contributed by atoms with van der Waals surface area (Å²) in [5.74, 6) is -1.80. The van der Waals surface area contributed by atoms with Crippen LogP contribution in [0.2, 0.25) is 0 Å². The average Bonchev–Trinajstić information content (AvgIpc) is 3.20. The van der Waals surface area contributed by atoms with Gasteiger partial charge in [-0.15, -0.1) is 0 Å². The van der Waals surface area contributed by atoms with Crippen LogP contribution >= 0.6 is 0 Å². The summed E-state index contributed by atoms with van der Waals surface area (Å²) in [6.45, 7) is 0. The first-order chi connectivity index (χ1) is 15.5. The lowest BCUT2D eigenvalue weighted by Crippen LogP contribution is -2.37. The molecular formula is C24H20N4O4. The molecule has 0 aliphatic heterocycles. The van der Waals surface area contributed by atoms with Gasteiger partial charge in [0.1, 0.15) is 11.7 Å². The summed E-state index contributed by atoms with van der Waals surface area (Å²) in [6.07, 6.45) is 2.30. The van der Waals surface area contributed by atoms with Crippen molar-refractivity contribution < 1.29 is 14.7 Å². The van der Waals surface area contributed by atoms with Crippen LogP contribution in [0.5, 0.6) is 0 Å². The molecule has 0 bridgehead atoms. The Kier molecular flexibility index (Phi) is 4.89. The molecule has 1 N–H and O–H groups in total. The Labute approximate surface area is 182 Å². The quantitative estimate of drug-likeness (QED) is 0.535. The highest BCUT2D eigenvalue weighted by Gasteiger charge is 2.35. The molecule has 32 heavy (non-hydrogen) atoms. The summed E-state index contributed by atoms with van der Waals surface area (Å²) >= 11 is 0. The summed E-state index contributed by atoms with van der Waals surface area (Å²) in [4.78, 5) is 36.8. The van der Waals surface area contributed by atoms with Gasteiger partial charge in [-0.1, -0.05) is 36.4 Å². The monoisotopic (exact) mass is 428 g/mol. The van der Waals surface area contributed by atoms with E-state index in [2.05, 4.69) is 5.10 Å². The number of hydrogen-bond donors (Lipinski definition) is 1. The van der Waals surface area contributed by atoms with Crippen LogP contribution in [0.15, 0.2) is 71.7 Å². The first-order valence-electron chi connectivity index (χ1n) is 10.4. The van der Waals surface area contributed by atoms with Gasteiger partial charge in [0.25, 0.3) is 5.56 Å². The number of carbonyl (C=O) groups excluding carboxylic acids is 1. The number of fused-ring (bicyclic) bond motifs is 1. The van der Waals surface area contributed by atoms with Crippen LogP contribution in [0.4, 0.5) is 0 Å². The maximum atomic E-state index is 12.7. The van der Waals surface area contributed by atoms with E-state index in [4.69, 9.17) is 5.10 Å². The van der Waals surface area contributed by atoms with E-state index in [0.717, 1.165) is 21.3 Å². The maximum Gasteiger partial charge on any atom is 0.306 e. The van der Waals surface area contributed by atoms with E-state index in [9.17, 15) is 19.5 Å². The van der Waals surface area contributed by atoms with Gasteiger partial charge in [-0.2, -0.15) is 10.2 Å². The van der Waals surface area contributed by atoms with Crippen molar-refractivity contribution >= 4 is 17.3 Å². The van der Waals surface area contributed by atoms with Crippen LogP contribution in [0.3, 0.4) is 0 Å². The summed E-state index contributed by atoms with van der Waals surface area (Å²) in [5, 5.41) is 18.7. The molecule has 0 spiro atoms. The Balaban J connectivity index is 1.68. The van der Waals surface area contributed by atoms with E-state index in [0.29, 0.717) is 11.4 Å². The molecule has 5 rings (SSSR count). The van der Waals surface area contributed by atoms with E-state index >= 15 is 0 Å². The number of hydrogen-bond acceptors (Lipinski definition) is 5. The van der Waals surface area contributed by atoms with Crippen molar-refractivity contribution in [1.29, 1.82) is 0 Å². The lowest BCUT2D eigenvalue weighted by Gasteiger charge is -2.26. The molecule has 160 valence electrons. The van der Waals surface area contributed by atoms with Gasteiger partial charge in [0.05, 0.1) is 22.7 Å². The van der Waals surface area contributed by atoms with Crippen molar-refractivity contribution in [2.75, 3.05) is 0 Å². The molecule has 0 radical (unpaired) electrons. The fraction of sp³-hybridized carbons (Fsp3) is 0.208. The number of aliphatic carboxylic acids is 1. The molecule has 1 saturated carbocycles. The van der Waals surface area contributed by atoms with Gasteiger partial charge >= 0.3 is 5.97 Å². The molecule has 3 aromatic heterocycles. The Morgan fingerprint density at radius 3 is 2.53 bits per heavy atom. The van der Waals surface area contributed by atoms with Crippen LogP contribution in [0, 0.1) is 5.92 Å². The van der Waals surface area contributed by atoms with Gasteiger partial charge in [0, 0.05) is 24.2 Å².